The molecule has 82 valence electrons. The molecule has 0 radical (unpaired) electrons. The molecule has 1 atom stereocenters. The SMILES string of the molecule is Cc1cc(C)c(C)c(C2CNCCO2)c1. The van der Waals surface area contributed by atoms with E-state index >= 15 is 0 Å². The van der Waals surface area contributed by atoms with Crippen LogP contribution in [0, 0.1) is 20.8 Å². The summed E-state index contributed by atoms with van der Waals surface area (Å²) in [5, 5.41) is 3.37. The molecule has 0 amide bonds. The maximum absolute atomic E-state index is 5.79. The first-order valence-electron chi connectivity index (χ1n) is 5.58. The molecule has 1 aromatic rings. The van der Waals surface area contributed by atoms with Crippen molar-refractivity contribution in [2.45, 2.75) is 26.9 Å². The van der Waals surface area contributed by atoms with E-state index in [0.29, 0.717) is 0 Å². The minimum Gasteiger partial charge on any atom is -0.371 e. The van der Waals surface area contributed by atoms with Crippen LogP contribution in [0.2, 0.25) is 0 Å². The van der Waals surface area contributed by atoms with Crippen molar-refractivity contribution in [1.82, 2.24) is 5.32 Å². The average Bonchev–Trinajstić information content (AvgIpc) is 2.24. The third-order valence-corrected chi connectivity index (χ3v) is 3.13. The molecule has 1 aliphatic heterocycles. The second kappa shape index (κ2) is 4.33. The van der Waals surface area contributed by atoms with Crippen LogP contribution in [-0.2, 0) is 4.74 Å². The molecule has 1 heterocycles. The van der Waals surface area contributed by atoms with Gasteiger partial charge < -0.3 is 10.1 Å². The number of hydrogen-bond donors (Lipinski definition) is 1. The fourth-order valence-electron chi connectivity index (χ4n) is 2.17. The molecule has 1 fully saturated rings. The van der Waals surface area contributed by atoms with Crippen molar-refractivity contribution in [2.75, 3.05) is 19.7 Å². The zero-order chi connectivity index (χ0) is 10.8. The van der Waals surface area contributed by atoms with Crippen LogP contribution in [0.25, 0.3) is 0 Å². The molecule has 2 heteroatoms. The van der Waals surface area contributed by atoms with Gasteiger partial charge in [-0.3, -0.25) is 0 Å². The number of ether oxygens (including phenoxy) is 1. The van der Waals surface area contributed by atoms with E-state index in [9.17, 15) is 0 Å². The summed E-state index contributed by atoms with van der Waals surface area (Å²) >= 11 is 0. The molecule has 1 aromatic carbocycles. The van der Waals surface area contributed by atoms with Crippen LogP contribution in [0.4, 0.5) is 0 Å². The van der Waals surface area contributed by atoms with Gasteiger partial charge in [0.1, 0.15) is 0 Å². The van der Waals surface area contributed by atoms with E-state index in [1.807, 2.05) is 0 Å². The summed E-state index contributed by atoms with van der Waals surface area (Å²) in [7, 11) is 0. The highest BCUT2D eigenvalue weighted by Gasteiger charge is 2.18. The van der Waals surface area contributed by atoms with E-state index < -0.39 is 0 Å². The summed E-state index contributed by atoms with van der Waals surface area (Å²) in [4.78, 5) is 0. The lowest BCUT2D eigenvalue weighted by Crippen LogP contribution is -2.33. The fraction of sp³-hybridized carbons (Fsp3) is 0.538. The summed E-state index contributed by atoms with van der Waals surface area (Å²) in [5.74, 6) is 0. The number of aryl methyl sites for hydroxylation is 2. The average molecular weight is 205 g/mol. The Balaban J connectivity index is 2.33. The van der Waals surface area contributed by atoms with Gasteiger partial charge in [0.05, 0.1) is 12.7 Å². The van der Waals surface area contributed by atoms with Crippen LogP contribution in [0.3, 0.4) is 0 Å². The Kier molecular flexibility index (Phi) is 3.08. The Morgan fingerprint density at radius 3 is 2.73 bits per heavy atom. The predicted octanol–water partition coefficient (Wildman–Crippen LogP) is 2.27. The van der Waals surface area contributed by atoms with Gasteiger partial charge in [0.15, 0.2) is 0 Å². The van der Waals surface area contributed by atoms with Crippen LogP contribution >= 0.6 is 0 Å². The Morgan fingerprint density at radius 2 is 2.07 bits per heavy atom. The molecule has 1 N–H and O–H groups in total. The summed E-state index contributed by atoms with van der Waals surface area (Å²) < 4.78 is 5.79. The van der Waals surface area contributed by atoms with E-state index in [4.69, 9.17) is 4.74 Å². The molecule has 2 rings (SSSR count). The molecule has 1 aliphatic rings. The molecule has 2 nitrogen and oxygen atoms in total. The first-order chi connectivity index (χ1) is 7.18. The van der Waals surface area contributed by atoms with Crippen molar-refractivity contribution in [1.29, 1.82) is 0 Å². The lowest BCUT2D eigenvalue weighted by atomic mass is 9.96. The van der Waals surface area contributed by atoms with Gasteiger partial charge in [0.2, 0.25) is 0 Å². The lowest BCUT2D eigenvalue weighted by Gasteiger charge is -2.26. The Labute approximate surface area is 91.6 Å². The highest BCUT2D eigenvalue weighted by atomic mass is 16.5. The number of hydrogen-bond acceptors (Lipinski definition) is 2. The minimum atomic E-state index is 0.234. The first-order valence-corrected chi connectivity index (χ1v) is 5.58. The van der Waals surface area contributed by atoms with Gasteiger partial charge in [0, 0.05) is 13.1 Å². The van der Waals surface area contributed by atoms with E-state index in [-0.39, 0.29) is 6.10 Å². The monoisotopic (exact) mass is 205 g/mol. The molecule has 0 aromatic heterocycles. The van der Waals surface area contributed by atoms with Gasteiger partial charge in [-0.25, -0.2) is 0 Å². The van der Waals surface area contributed by atoms with Crippen molar-refractivity contribution in [3.05, 3.63) is 34.4 Å². The lowest BCUT2D eigenvalue weighted by molar-refractivity contribution is 0.0272. The maximum Gasteiger partial charge on any atom is 0.0952 e. The molecular weight excluding hydrogens is 186 g/mol. The van der Waals surface area contributed by atoms with Gasteiger partial charge in [0.25, 0.3) is 0 Å². The van der Waals surface area contributed by atoms with Crippen molar-refractivity contribution >= 4 is 0 Å². The second-order valence-corrected chi connectivity index (χ2v) is 4.36. The van der Waals surface area contributed by atoms with Gasteiger partial charge in [-0.15, -0.1) is 0 Å². The van der Waals surface area contributed by atoms with E-state index in [1.165, 1.54) is 22.3 Å². The molecular formula is C13H19NO. The van der Waals surface area contributed by atoms with Crippen LogP contribution in [0.5, 0.6) is 0 Å². The van der Waals surface area contributed by atoms with Crippen molar-refractivity contribution in [3.8, 4) is 0 Å². The predicted molar refractivity (Wildman–Crippen MR) is 62.2 cm³/mol. The second-order valence-electron chi connectivity index (χ2n) is 4.36. The summed E-state index contributed by atoms with van der Waals surface area (Å²) in [6.07, 6.45) is 0.234. The number of rotatable bonds is 1. The van der Waals surface area contributed by atoms with Crippen LogP contribution in [-0.4, -0.2) is 19.7 Å². The molecule has 1 unspecified atom stereocenters. The Morgan fingerprint density at radius 1 is 1.27 bits per heavy atom. The standard InChI is InChI=1S/C13H19NO/c1-9-6-10(2)11(3)12(7-9)13-8-14-4-5-15-13/h6-7,13-14H,4-5,8H2,1-3H3. The largest absolute Gasteiger partial charge is 0.371 e. The van der Waals surface area contributed by atoms with Crippen molar-refractivity contribution < 1.29 is 4.74 Å². The molecule has 0 spiro atoms. The van der Waals surface area contributed by atoms with E-state index in [0.717, 1.165) is 19.7 Å². The molecule has 0 bridgehead atoms. The number of benzene rings is 1. The van der Waals surface area contributed by atoms with Gasteiger partial charge in [-0.1, -0.05) is 17.7 Å². The molecule has 0 saturated carbocycles. The normalized spacial score (nSPS) is 21.7. The number of nitrogens with one attached hydrogen (secondary N) is 1. The third kappa shape index (κ3) is 2.21. The van der Waals surface area contributed by atoms with Crippen LogP contribution < -0.4 is 5.32 Å². The third-order valence-electron chi connectivity index (χ3n) is 3.13. The number of morpholine rings is 1. The smallest absolute Gasteiger partial charge is 0.0952 e. The van der Waals surface area contributed by atoms with Crippen molar-refractivity contribution in [3.63, 3.8) is 0 Å². The highest BCUT2D eigenvalue weighted by molar-refractivity contribution is 5.38. The van der Waals surface area contributed by atoms with Crippen LogP contribution in [0.1, 0.15) is 28.4 Å². The summed E-state index contributed by atoms with van der Waals surface area (Å²) in [6.45, 7) is 9.22. The van der Waals surface area contributed by atoms with Crippen molar-refractivity contribution in [2.24, 2.45) is 0 Å². The first kappa shape index (κ1) is 10.7. The van der Waals surface area contributed by atoms with E-state index in [1.54, 1.807) is 0 Å². The van der Waals surface area contributed by atoms with Gasteiger partial charge in [-0.05, 0) is 37.5 Å². The minimum absolute atomic E-state index is 0.234. The summed E-state index contributed by atoms with van der Waals surface area (Å²) in [6, 6.07) is 4.48. The Bertz CT molecular complexity index is 354. The van der Waals surface area contributed by atoms with Gasteiger partial charge in [-0.2, -0.15) is 0 Å². The Hall–Kier alpha value is -0.860. The van der Waals surface area contributed by atoms with Gasteiger partial charge >= 0.3 is 0 Å². The molecule has 0 aliphatic carbocycles. The fourth-order valence-corrected chi connectivity index (χ4v) is 2.17. The zero-order valence-electron chi connectivity index (χ0n) is 9.76. The maximum atomic E-state index is 5.79. The highest BCUT2D eigenvalue weighted by Crippen LogP contribution is 2.25. The quantitative estimate of drug-likeness (QED) is 0.759. The summed E-state index contributed by atoms with van der Waals surface area (Å²) in [5.41, 5.74) is 5.40. The molecule has 1 saturated heterocycles. The van der Waals surface area contributed by atoms with Crippen LogP contribution in [0.15, 0.2) is 12.1 Å². The van der Waals surface area contributed by atoms with E-state index in [2.05, 4.69) is 38.2 Å². The zero-order valence-corrected chi connectivity index (χ0v) is 9.76. The molecule has 15 heavy (non-hydrogen) atoms. The topological polar surface area (TPSA) is 21.3 Å².